The summed E-state index contributed by atoms with van der Waals surface area (Å²) >= 11 is 0. The van der Waals surface area contributed by atoms with Crippen LogP contribution in [0, 0.1) is 0 Å². The number of nitrogens with one attached hydrogen (secondary N) is 2. The number of pyridine rings is 1. The van der Waals surface area contributed by atoms with Crippen molar-refractivity contribution in [3.05, 3.63) is 41.5 Å². The van der Waals surface area contributed by atoms with Crippen LogP contribution in [0.3, 0.4) is 0 Å². The fraction of sp³-hybridized carbons (Fsp3) is 0.312. The van der Waals surface area contributed by atoms with Gasteiger partial charge in [0, 0.05) is 6.20 Å². The Balaban J connectivity index is 1.87. The molecule has 0 fully saturated rings. The van der Waals surface area contributed by atoms with E-state index in [0.717, 1.165) is 13.1 Å². The molecule has 0 spiro atoms. The van der Waals surface area contributed by atoms with E-state index in [2.05, 4.69) is 54.6 Å². The van der Waals surface area contributed by atoms with Gasteiger partial charge in [-0.15, -0.1) is 5.10 Å². The van der Waals surface area contributed by atoms with Gasteiger partial charge in [-0.1, -0.05) is 11.3 Å². The number of hydrogen-bond acceptors (Lipinski definition) is 9. The average Bonchev–Trinajstić information content (AvgIpc) is 3.32. The third-order valence-corrected chi connectivity index (χ3v) is 4.14. The van der Waals surface area contributed by atoms with Crippen LogP contribution >= 0.6 is 0 Å². The van der Waals surface area contributed by atoms with Crippen molar-refractivity contribution < 1.29 is 14.3 Å². The summed E-state index contributed by atoms with van der Waals surface area (Å²) in [6.07, 6.45) is 3.08. The van der Waals surface area contributed by atoms with Crippen LogP contribution in [0.4, 0.5) is 5.82 Å². The number of hydrogen-bond donors (Lipinski definition) is 3. The van der Waals surface area contributed by atoms with Gasteiger partial charge in [-0.25, -0.2) is 10.1 Å². The molecule has 0 bridgehead atoms. The highest BCUT2D eigenvalue weighted by atomic mass is 16.6. The molecule has 0 aliphatic heterocycles. The first-order chi connectivity index (χ1) is 13.6. The van der Waals surface area contributed by atoms with Crippen molar-refractivity contribution in [1.82, 2.24) is 35.7 Å². The molecule has 4 N–H and O–H groups in total. The van der Waals surface area contributed by atoms with Crippen molar-refractivity contribution in [3.63, 3.8) is 0 Å². The summed E-state index contributed by atoms with van der Waals surface area (Å²) in [5.74, 6) is -0.263. The Morgan fingerprint density at radius 3 is 2.82 bits per heavy atom. The number of anilines is 1. The second-order valence-corrected chi connectivity index (χ2v) is 5.86. The lowest BCUT2D eigenvalue weighted by molar-refractivity contribution is -0.910. The van der Waals surface area contributed by atoms with E-state index in [-0.39, 0.29) is 17.3 Å². The maximum atomic E-state index is 12.6. The van der Waals surface area contributed by atoms with Crippen LogP contribution in [0.1, 0.15) is 35.7 Å². The van der Waals surface area contributed by atoms with E-state index in [9.17, 15) is 4.79 Å². The Morgan fingerprint density at radius 2 is 2.18 bits per heavy atom. The molecule has 0 atom stereocenters. The van der Waals surface area contributed by atoms with Crippen molar-refractivity contribution in [2.24, 2.45) is 5.10 Å². The smallest absolute Gasteiger partial charge is 0.294 e. The minimum absolute atomic E-state index is 0.0563. The topological polar surface area (TPSA) is 154 Å². The standard InChI is InChI=1S/C16H20N10O2/c1-3-25(4-2)10-12-13(20-24-26(12)15-14(17)22-28-23-15)16(27)21-19-9-11-7-5-6-8-18-11/h5-9H,3-4,10H2,1-2H3,(H2,17,22)(H,21,27)/p+1/b19-9-. The lowest BCUT2D eigenvalue weighted by Crippen LogP contribution is -3.10. The number of carbonyl (C=O) groups is 1. The molecule has 0 saturated carbocycles. The molecule has 28 heavy (non-hydrogen) atoms. The van der Waals surface area contributed by atoms with Gasteiger partial charge in [0.2, 0.25) is 11.6 Å². The summed E-state index contributed by atoms with van der Waals surface area (Å²) in [7, 11) is 0. The first kappa shape index (κ1) is 19.1. The summed E-state index contributed by atoms with van der Waals surface area (Å²) in [6.45, 7) is 6.30. The Morgan fingerprint density at radius 1 is 1.36 bits per heavy atom. The minimum atomic E-state index is -0.505. The first-order valence-corrected chi connectivity index (χ1v) is 8.75. The fourth-order valence-electron chi connectivity index (χ4n) is 2.54. The molecule has 3 aromatic heterocycles. The highest BCUT2D eigenvalue weighted by Gasteiger charge is 2.26. The molecule has 12 heteroatoms. The minimum Gasteiger partial charge on any atom is -0.378 e. The zero-order valence-electron chi connectivity index (χ0n) is 15.5. The molecule has 146 valence electrons. The van der Waals surface area contributed by atoms with Crippen molar-refractivity contribution in [3.8, 4) is 5.82 Å². The predicted molar refractivity (Wildman–Crippen MR) is 98.7 cm³/mol. The highest BCUT2D eigenvalue weighted by molar-refractivity contribution is 5.94. The van der Waals surface area contributed by atoms with Gasteiger partial charge in [-0.3, -0.25) is 9.78 Å². The molecule has 1 amide bonds. The summed E-state index contributed by atoms with van der Waals surface area (Å²) < 4.78 is 6.01. The molecule has 0 radical (unpaired) electrons. The maximum Gasteiger partial charge on any atom is 0.294 e. The molecule has 0 aliphatic carbocycles. The number of rotatable bonds is 8. The zero-order chi connectivity index (χ0) is 19.9. The average molecular weight is 385 g/mol. The molecule has 12 nitrogen and oxygen atoms in total. The molecule has 3 rings (SSSR count). The second-order valence-electron chi connectivity index (χ2n) is 5.86. The zero-order valence-corrected chi connectivity index (χ0v) is 15.5. The summed E-state index contributed by atoms with van der Waals surface area (Å²) in [5, 5.41) is 19.2. The normalized spacial score (nSPS) is 11.4. The van der Waals surface area contributed by atoms with Gasteiger partial charge in [0.05, 0.1) is 25.0 Å². The first-order valence-electron chi connectivity index (χ1n) is 8.75. The van der Waals surface area contributed by atoms with E-state index in [4.69, 9.17) is 5.73 Å². The lowest BCUT2D eigenvalue weighted by atomic mass is 10.2. The van der Waals surface area contributed by atoms with Gasteiger partial charge in [0.25, 0.3) is 5.91 Å². The van der Waals surface area contributed by atoms with E-state index >= 15 is 0 Å². The van der Waals surface area contributed by atoms with Crippen molar-refractivity contribution in [2.75, 3.05) is 18.8 Å². The van der Waals surface area contributed by atoms with Gasteiger partial charge in [-0.2, -0.15) is 9.78 Å². The molecule has 3 heterocycles. The van der Waals surface area contributed by atoms with Gasteiger partial charge in [-0.05, 0) is 36.3 Å². The van der Waals surface area contributed by atoms with Crippen molar-refractivity contribution in [1.29, 1.82) is 0 Å². The number of aromatic nitrogens is 6. The number of nitrogens with two attached hydrogens (primary N) is 1. The van der Waals surface area contributed by atoms with Gasteiger partial charge >= 0.3 is 0 Å². The van der Waals surface area contributed by atoms with Crippen molar-refractivity contribution in [2.45, 2.75) is 20.4 Å². The van der Waals surface area contributed by atoms with E-state index in [1.165, 1.54) is 15.8 Å². The van der Waals surface area contributed by atoms with Gasteiger partial charge in [0.15, 0.2) is 5.69 Å². The monoisotopic (exact) mass is 385 g/mol. The number of hydrazone groups is 1. The summed E-state index contributed by atoms with van der Waals surface area (Å²) in [6, 6.07) is 5.38. The number of quaternary nitrogens is 1. The number of nitrogens with zero attached hydrogens (tertiary/aromatic N) is 7. The van der Waals surface area contributed by atoms with Crippen LogP contribution < -0.4 is 16.1 Å². The molecule has 0 aromatic carbocycles. The van der Waals surface area contributed by atoms with Crippen LogP contribution in [0.25, 0.3) is 5.82 Å². The van der Waals surface area contributed by atoms with E-state index in [0.29, 0.717) is 17.9 Å². The van der Waals surface area contributed by atoms with Gasteiger partial charge in [0.1, 0.15) is 12.2 Å². The quantitative estimate of drug-likeness (QED) is 0.323. The van der Waals surface area contributed by atoms with Crippen LogP contribution in [0.2, 0.25) is 0 Å². The van der Waals surface area contributed by atoms with Crippen molar-refractivity contribution >= 4 is 17.9 Å². The second kappa shape index (κ2) is 8.81. The Kier molecular flexibility index (Phi) is 6.01. The van der Waals surface area contributed by atoms with E-state index in [1.54, 1.807) is 18.3 Å². The number of carbonyl (C=O) groups excluding carboxylic acids is 1. The third kappa shape index (κ3) is 4.17. The molecule has 0 unspecified atom stereocenters. The molecule has 3 aromatic rings. The predicted octanol–water partition coefficient (Wildman–Crippen LogP) is -1.18. The van der Waals surface area contributed by atoms with Crippen LogP contribution in [0.15, 0.2) is 34.1 Å². The molecular weight excluding hydrogens is 364 g/mol. The highest BCUT2D eigenvalue weighted by Crippen LogP contribution is 2.15. The molecule has 0 aliphatic rings. The third-order valence-electron chi connectivity index (χ3n) is 4.14. The maximum absolute atomic E-state index is 12.6. The van der Waals surface area contributed by atoms with Crippen LogP contribution in [0.5, 0.6) is 0 Å². The Labute approximate surface area is 160 Å². The molecular formula is C16H21N10O2+. The SMILES string of the molecule is CC[NH+](CC)Cc1c(C(=O)N/N=C\c2ccccn2)nnn1-c1nonc1N. The van der Waals surface area contributed by atoms with E-state index < -0.39 is 5.91 Å². The summed E-state index contributed by atoms with van der Waals surface area (Å²) in [4.78, 5) is 17.9. The fourth-order valence-corrected chi connectivity index (χ4v) is 2.54. The number of nitrogen functional groups attached to an aromatic ring is 1. The lowest BCUT2D eigenvalue weighted by Gasteiger charge is -2.15. The van der Waals surface area contributed by atoms with Crippen LogP contribution in [-0.4, -0.2) is 55.5 Å². The molecule has 0 saturated heterocycles. The Bertz CT molecular complexity index is 946. The Hall–Kier alpha value is -3.67. The largest absolute Gasteiger partial charge is 0.378 e. The summed E-state index contributed by atoms with van der Waals surface area (Å²) in [5.41, 5.74) is 9.49. The number of amides is 1. The van der Waals surface area contributed by atoms with E-state index in [1.807, 2.05) is 6.07 Å². The van der Waals surface area contributed by atoms with Gasteiger partial charge < -0.3 is 10.6 Å². The van der Waals surface area contributed by atoms with Crippen LogP contribution in [-0.2, 0) is 6.54 Å².